The van der Waals surface area contributed by atoms with E-state index >= 15 is 0 Å². The highest BCUT2D eigenvalue weighted by Gasteiger charge is 1.98. The molecule has 0 aliphatic rings. The van der Waals surface area contributed by atoms with Gasteiger partial charge in [0.15, 0.2) is 0 Å². The molecule has 0 unspecified atom stereocenters. The SMILES string of the molecule is c1ccc(CCc2ccc3sccc3c2)cc1. The second-order valence-electron chi connectivity index (χ2n) is 4.28. The van der Waals surface area contributed by atoms with E-state index in [9.17, 15) is 0 Å². The minimum absolute atomic E-state index is 1.12. The van der Waals surface area contributed by atoms with Crippen molar-refractivity contribution in [3.8, 4) is 0 Å². The molecule has 1 heterocycles. The predicted octanol–water partition coefficient (Wildman–Crippen LogP) is 4.69. The highest BCUT2D eigenvalue weighted by atomic mass is 32.1. The van der Waals surface area contributed by atoms with Crippen molar-refractivity contribution in [2.75, 3.05) is 0 Å². The van der Waals surface area contributed by atoms with Gasteiger partial charge < -0.3 is 0 Å². The summed E-state index contributed by atoms with van der Waals surface area (Å²) >= 11 is 1.81. The lowest BCUT2D eigenvalue weighted by Gasteiger charge is -2.02. The van der Waals surface area contributed by atoms with Crippen LogP contribution in [0.1, 0.15) is 11.1 Å². The predicted molar refractivity (Wildman–Crippen MR) is 75.7 cm³/mol. The van der Waals surface area contributed by atoms with E-state index in [1.165, 1.54) is 21.2 Å². The van der Waals surface area contributed by atoms with Crippen LogP contribution in [-0.4, -0.2) is 0 Å². The number of fused-ring (bicyclic) bond motifs is 1. The van der Waals surface area contributed by atoms with E-state index in [0.717, 1.165) is 12.8 Å². The van der Waals surface area contributed by atoms with Gasteiger partial charge in [0.1, 0.15) is 0 Å². The van der Waals surface area contributed by atoms with Crippen molar-refractivity contribution in [3.05, 3.63) is 71.1 Å². The third kappa shape index (κ3) is 2.40. The Balaban J connectivity index is 1.76. The van der Waals surface area contributed by atoms with E-state index in [4.69, 9.17) is 0 Å². The zero-order chi connectivity index (χ0) is 11.5. The second kappa shape index (κ2) is 4.72. The zero-order valence-corrected chi connectivity index (χ0v) is 10.4. The quantitative estimate of drug-likeness (QED) is 0.621. The molecule has 1 aromatic heterocycles. The first-order valence-corrected chi connectivity index (χ1v) is 6.80. The van der Waals surface area contributed by atoms with Crippen LogP contribution < -0.4 is 0 Å². The molecule has 84 valence electrons. The molecule has 0 saturated heterocycles. The Morgan fingerprint density at radius 1 is 0.765 bits per heavy atom. The molecule has 0 aliphatic heterocycles. The van der Waals surface area contributed by atoms with Crippen LogP contribution in [-0.2, 0) is 12.8 Å². The molecular weight excluding hydrogens is 224 g/mol. The lowest BCUT2D eigenvalue weighted by Crippen LogP contribution is -1.90. The largest absolute Gasteiger partial charge is 0.144 e. The number of hydrogen-bond donors (Lipinski definition) is 0. The summed E-state index contributed by atoms with van der Waals surface area (Å²) in [6.07, 6.45) is 2.24. The molecule has 2 aromatic carbocycles. The zero-order valence-electron chi connectivity index (χ0n) is 9.60. The average molecular weight is 238 g/mol. The summed E-state index contributed by atoms with van der Waals surface area (Å²) in [6.45, 7) is 0. The lowest BCUT2D eigenvalue weighted by atomic mass is 10.0. The van der Waals surface area contributed by atoms with Crippen molar-refractivity contribution >= 4 is 21.4 Å². The van der Waals surface area contributed by atoms with Crippen LogP contribution in [0.5, 0.6) is 0 Å². The van der Waals surface area contributed by atoms with Crippen molar-refractivity contribution in [3.63, 3.8) is 0 Å². The van der Waals surface area contributed by atoms with Crippen molar-refractivity contribution < 1.29 is 0 Å². The Morgan fingerprint density at radius 3 is 2.47 bits per heavy atom. The first kappa shape index (κ1) is 10.5. The Morgan fingerprint density at radius 2 is 1.59 bits per heavy atom. The van der Waals surface area contributed by atoms with Gasteiger partial charge in [0.25, 0.3) is 0 Å². The number of rotatable bonds is 3. The number of thiophene rings is 1. The van der Waals surface area contributed by atoms with Gasteiger partial charge in [-0.2, -0.15) is 0 Å². The molecule has 3 aromatic rings. The maximum Gasteiger partial charge on any atom is 0.0342 e. The first-order valence-electron chi connectivity index (χ1n) is 5.92. The summed E-state index contributed by atoms with van der Waals surface area (Å²) in [7, 11) is 0. The molecule has 0 saturated carbocycles. The number of benzene rings is 2. The van der Waals surface area contributed by atoms with E-state index < -0.39 is 0 Å². The highest BCUT2D eigenvalue weighted by molar-refractivity contribution is 7.17. The van der Waals surface area contributed by atoms with Crippen LogP contribution in [0.2, 0.25) is 0 Å². The molecule has 17 heavy (non-hydrogen) atoms. The van der Waals surface area contributed by atoms with Gasteiger partial charge in [-0.05, 0) is 46.9 Å². The minimum Gasteiger partial charge on any atom is -0.144 e. The summed E-state index contributed by atoms with van der Waals surface area (Å²) in [5, 5.41) is 3.53. The third-order valence-electron chi connectivity index (χ3n) is 3.06. The van der Waals surface area contributed by atoms with E-state index in [1.54, 1.807) is 0 Å². The normalized spacial score (nSPS) is 10.8. The fraction of sp³-hybridized carbons (Fsp3) is 0.125. The van der Waals surface area contributed by atoms with Gasteiger partial charge in [-0.15, -0.1) is 11.3 Å². The summed E-state index contributed by atoms with van der Waals surface area (Å²) in [5.41, 5.74) is 2.85. The smallest absolute Gasteiger partial charge is 0.0342 e. The minimum atomic E-state index is 1.12. The van der Waals surface area contributed by atoms with Crippen molar-refractivity contribution in [2.45, 2.75) is 12.8 Å². The first-order chi connectivity index (χ1) is 8.42. The van der Waals surface area contributed by atoms with Crippen molar-refractivity contribution in [1.82, 2.24) is 0 Å². The molecule has 0 radical (unpaired) electrons. The molecule has 0 fully saturated rings. The fourth-order valence-corrected chi connectivity index (χ4v) is 2.88. The van der Waals surface area contributed by atoms with Gasteiger partial charge in [0.05, 0.1) is 0 Å². The van der Waals surface area contributed by atoms with E-state index in [0.29, 0.717) is 0 Å². The Hall–Kier alpha value is -1.60. The number of aryl methyl sites for hydroxylation is 2. The van der Waals surface area contributed by atoms with Crippen molar-refractivity contribution in [2.24, 2.45) is 0 Å². The van der Waals surface area contributed by atoms with Gasteiger partial charge in [-0.3, -0.25) is 0 Å². The molecule has 3 rings (SSSR count). The van der Waals surface area contributed by atoms with E-state index in [-0.39, 0.29) is 0 Å². The maximum absolute atomic E-state index is 2.31. The average Bonchev–Trinajstić information content (AvgIpc) is 2.85. The molecule has 0 N–H and O–H groups in total. The van der Waals surface area contributed by atoms with Crippen LogP contribution in [0.15, 0.2) is 60.0 Å². The van der Waals surface area contributed by atoms with Gasteiger partial charge in [0.2, 0.25) is 0 Å². The van der Waals surface area contributed by atoms with Crippen LogP contribution in [0.4, 0.5) is 0 Å². The molecule has 0 atom stereocenters. The number of hydrogen-bond acceptors (Lipinski definition) is 1. The van der Waals surface area contributed by atoms with Crippen LogP contribution in [0.3, 0.4) is 0 Å². The Bertz CT molecular complexity index is 608. The third-order valence-corrected chi connectivity index (χ3v) is 3.96. The summed E-state index contributed by atoms with van der Waals surface area (Å²) in [5.74, 6) is 0. The molecule has 1 heteroatoms. The second-order valence-corrected chi connectivity index (χ2v) is 5.23. The standard InChI is InChI=1S/C16H14S/c1-2-4-13(5-3-1)6-7-14-8-9-16-15(12-14)10-11-17-16/h1-5,8-12H,6-7H2. The van der Waals surface area contributed by atoms with Crippen LogP contribution in [0, 0.1) is 0 Å². The van der Waals surface area contributed by atoms with Crippen molar-refractivity contribution in [1.29, 1.82) is 0 Å². The topological polar surface area (TPSA) is 0 Å². The Labute approximate surface area is 106 Å². The molecular formula is C16H14S. The van der Waals surface area contributed by atoms with Gasteiger partial charge in [-0.1, -0.05) is 42.5 Å². The van der Waals surface area contributed by atoms with Crippen LogP contribution >= 0.6 is 11.3 Å². The fourth-order valence-electron chi connectivity index (χ4n) is 2.10. The lowest BCUT2D eigenvalue weighted by molar-refractivity contribution is 0.963. The highest BCUT2D eigenvalue weighted by Crippen LogP contribution is 2.22. The summed E-state index contributed by atoms with van der Waals surface area (Å²) < 4.78 is 1.38. The maximum atomic E-state index is 2.31. The summed E-state index contributed by atoms with van der Waals surface area (Å²) in [6, 6.07) is 19.7. The molecule has 0 amide bonds. The Kier molecular flexibility index (Phi) is 2.93. The van der Waals surface area contributed by atoms with E-state index in [2.05, 4.69) is 60.0 Å². The van der Waals surface area contributed by atoms with Gasteiger partial charge in [0, 0.05) is 4.70 Å². The molecule has 0 bridgehead atoms. The molecule has 0 nitrogen and oxygen atoms in total. The van der Waals surface area contributed by atoms with Gasteiger partial charge in [-0.25, -0.2) is 0 Å². The van der Waals surface area contributed by atoms with E-state index in [1.807, 2.05) is 11.3 Å². The van der Waals surface area contributed by atoms with Crippen LogP contribution in [0.25, 0.3) is 10.1 Å². The van der Waals surface area contributed by atoms with Gasteiger partial charge >= 0.3 is 0 Å². The molecule has 0 spiro atoms. The summed E-state index contributed by atoms with van der Waals surface area (Å²) in [4.78, 5) is 0. The monoisotopic (exact) mass is 238 g/mol. The molecule has 0 aliphatic carbocycles.